The van der Waals surface area contributed by atoms with Crippen molar-refractivity contribution < 1.29 is 9.90 Å². The molecule has 5 heteroatoms. The summed E-state index contributed by atoms with van der Waals surface area (Å²) >= 11 is 0. The van der Waals surface area contributed by atoms with Gasteiger partial charge in [-0.25, -0.2) is 0 Å². The van der Waals surface area contributed by atoms with Gasteiger partial charge >= 0.3 is 0 Å². The number of halogens is 1. The summed E-state index contributed by atoms with van der Waals surface area (Å²) in [7, 11) is 0. The fourth-order valence-electron chi connectivity index (χ4n) is 2.42. The zero-order valence-corrected chi connectivity index (χ0v) is 12.6. The number of rotatable bonds is 5. The zero-order chi connectivity index (χ0) is 13.7. The molecule has 20 heavy (non-hydrogen) atoms. The molecule has 1 aliphatic rings. The molecule has 0 spiro atoms. The fourth-order valence-corrected chi connectivity index (χ4v) is 2.42. The highest BCUT2D eigenvalue weighted by Gasteiger charge is 2.15. The first kappa shape index (κ1) is 16.8. The number of hydrogen-bond donors (Lipinski definition) is 3. The summed E-state index contributed by atoms with van der Waals surface area (Å²) in [5, 5.41) is 15.9. The lowest BCUT2D eigenvalue weighted by molar-refractivity contribution is -0.116. The number of aromatic hydroxyl groups is 1. The van der Waals surface area contributed by atoms with Crippen LogP contribution in [0.2, 0.25) is 0 Å². The van der Waals surface area contributed by atoms with Crippen LogP contribution >= 0.6 is 12.4 Å². The lowest BCUT2D eigenvalue weighted by Gasteiger charge is -2.11. The Kier molecular flexibility index (Phi) is 6.82. The van der Waals surface area contributed by atoms with Crippen LogP contribution in [-0.4, -0.2) is 23.6 Å². The van der Waals surface area contributed by atoms with E-state index in [1.54, 1.807) is 6.07 Å². The first-order valence-electron chi connectivity index (χ1n) is 7.04. The van der Waals surface area contributed by atoms with E-state index in [4.69, 9.17) is 0 Å². The molecular formula is C15H23ClN2O2. The number of hydrogen-bond acceptors (Lipinski definition) is 3. The van der Waals surface area contributed by atoms with E-state index in [1.165, 1.54) is 6.42 Å². The van der Waals surface area contributed by atoms with E-state index >= 15 is 0 Å². The number of carbonyl (C=O) groups is 1. The third kappa shape index (κ3) is 4.69. The summed E-state index contributed by atoms with van der Waals surface area (Å²) in [4.78, 5) is 11.9. The van der Waals surface area contributed by atoms with Gasteiger partial charge in [-0.2, -0.15) is 0 Å². The molecule has 1 heterocycles. The number of nitrogens with one attached hydrogen (secondary N) is 2. The van der Waals surface area contributed by atoms with E-state index in [0.717, 1.165) is 31.4 Å². The molecule has 1 unspecified atom stereocenters. The Morgan fingerprint density at radius 2 is 2.30 bits per heavy atom. The van der Waals surface area contributed by atoms with Crippen LogP contribution in [0.3, 0.4) is 0 Å². The molecule has 1 aliphatic heterocycles. The molecule has 0 bridgehead atoms. The number of benzene rings is 1. The van der Waals surface area contributed by atoms with Crippen LogP contribution < -0.4 is 10.6 Å². The van der Waals surface area contributed by atoms with Gasteiger partial charge < -0.3 is 15.7 Å². The molecule has 1 aromatic rings. The summed E-state index contributed by atoms with van der Waals surface area (Å²) in [6.45, 7) is 3.11. The normalized spacial score (nSPS) is 17.6. The third-order valence-electron chi connectivity index (χ3n) is 3.63. The lowest BCUT2D eigenvalue weighted by atomic mass is 10.1. The van der Waals surface area contributed by atoms with E-state index in [-0.39, 0.29) is 24.1 Å². The standard InChI is InChI=1S/C15H22N2O2.ClH/c1-2-11-5-7-14(18)13(10-11)17-15(19)8-6-12-4-3-9-16-12;/h5,7,10,12,16,18H,2-4,6,8-9H2,1H3,(H,17,19);1H. The van der Waals surface area contributed by atoms with Crippen LogP contribution in [0, 0.1) is 0 Å². The van der Waals surface area contributed by atoms with Crippen LogP contribution in [0.1, 0.15) is 38.2 Å². The highest BCUT2D eigenvalue weighted by atomic mass is 35.5. The second-order valence-electron chi connectivity index (χ2n) is 5.09. The summed E-state index contributed by atoms with van der Waals surface area (Å²) in [6.07, 6.45) is 4.60. The average molecular weight is 299 g/mol. The molecule has 1 fully saturated rings. The van der Waals surface area contributed by atoms with E-state index < -0.39 is 0 Å². The van der Waals surface area contributed by atoms with Gasteiger partial charge in [0.1, 0.15) is 5.75 Å². The topological polar surface area (TPSA) is 61.4 Å². The first-order valence-corrected chi connectivity index (χ1v) is 7.04. The largest absolute Gasteiger partial charge is 0.506 e. The fraction of sp³-hybridized carbons (Fsp3) is 0.533. The number of phenolic OH excluding ortho intramolecular Hbond substituents is 1. The molecule has 4 nitrogen and oxygen atoms in total. The van der Waals surface area contributed by atoms with E-state index in [9.17, 15) is 9.90 Å². The molecule has 0 radical (unpaired) electrons. The maximum Gasteiger partial charge on any atom is 0.224 e. The SMILES string of the molecule is CCc1ccc(O)c(NC(=O)CCC2CCCN2)c1.Cl. The Bertz CT molecular complexity index is 445. The van der Waals surface area contributed by atoms with Crippen LogP contribution in [0.15, 0.2) is 18.2 Å². The highest BCUT2D eigenvalue weighted by Crippen LogP contribution is 2.24. The van der Waals surface area contributed by atoms with Gasteiger partial charge in [0.05, 0.1) is 5.69 Å². The van der Waals surface area contributed by atoms with Crippen molar-refractivity contribution in [2.75, 3.05) is 11.9 Å². The van der Waals surface area contributed by atoms with Crippen molar-refractivity contribution in [1.29, 1.82) is 0 Å². The van der Waals surface area contributed by atoms with Crippen molar-refractivity contribution in [2.45, 2.75) is 45.1 Å². The summed E-state index contributed by atoms with van der Waals surface area (Å²) in [5.74, 6) is 0.0989. The van der Waals surface area contributed by atoms with Crippen molar-refractivity contribution in [3.63, 3.8) is 0 Å². The van der Waals surface area contributed by atoms with Crippen molar-refractivity contribution in [3.05, 3.63) is 23.8 Å². The summed E-state index contributed by atoms with van der Waals surface area (Å²) < 4.78 is 0. The summed E-state index contributed by atoms with van der Waals surface area (Å²) in [5.41, 5.74) is 1.62. The molecule has 0 aromatic heterocycles. The minimum Gasteiger partial charge on any atom is -0.506 e. The number of amides is 1. The summed E-state index contributed by atoms with van der Waals surface area (Å²) in [6, 6.07) is 5.81. The van der Waals surface area contributed by atoms with Gasteiger partial charge in [0.15, 0.2) is 0 Å². The van der Waals surface area contributed by atoms with Gasteiger partial charge in [0, 0.05) is 12.5 Å². The monoisotopic (exact) mass is 298 g/mol. The Labute approximate surface area is 126 Å². The molecule has 1 amide bonds. The molecule has 1 aromatic carbocycles. The molecule has 112 valence electrons. The first-order chi connectivity index (χ1) is 9.19. The smallest absolute Gasteiger partial charge is 0.224 e. The number of carbonyl (C=O) groups excluding carboxylic acids is 1. The molecule has 1 atom stereocenters. The maximum absolute atomic E-state index is 11.9. The van der Waals surface area contributed by atoms with Gasteiger partial charge in [0.25, 0.3) is 0 Å². The molecule has 0 aliphatic carbocycles. The molecule has 3 N–H and O–H groups in total. The van der Waals surface area contributed by atoms with E-state index in [1.807, 2.05) is 19.1 Å². The molecule has 1 saturated heterocycles. The third-order valence-corrected chi connectivity index (χ3v) is 3.63. The predicted octanol–water partition coefficient (Wildman–Crippen LogP) is 2.85. The van der Waals surface area contributed by atoms with Crippen molar-refractivity contribution in [2.24, 2.45) is 0 Å². The lowest BCUT2D eigenvalue weighted by Crippen LogP contribution is -2.23. The van der Waals surface area contributed by atoms with Crippen molar-refractivity contribution in [3.8, 4) is 5.75 Å². The average Bonchev–Trinajstić information content (AvgIpc) is 2.92. The minimum atomic E-state index is -0.0303. The maximum atomic E-state index is 11.9. The Morgan fingerprint density at radius 1 is 1.50 bits per heavy atom. The van der Waals surface area contributed by atoms with Crippen LogP contribution in [0.5, 0.6) is 5.75 Å². The van der Waals surface area contributed by atoms with Gasteiger partial charge in [0.2, 0.25) is 5.91 Å². The van der Waals surface area contributed by atoms with Crippen LogP contribution in [-0.2, 0) is 11.2 Å². The van der Waals surface area contributed by atoms with Gasteiger partial charge in [-0.3, -0.25) is 4.79 Å². The molecular weight excluding hydrogens is 276 g/mol. The Morgan fingerprint density at radius 3 is 2.95 bits per heavy atom. The number of anilines is 1. The predicted molar refractivity (Wildman–Crippen MR) is 83.6 cm³/mol. The highest BCUT2D eigenvalue weighted by molar-refractivity contribution is 5.92. The van der Waals surface area contributed by atoms with Crippen LogP contribution in [0.4, 0.5) is 5.69 Å². The van der Waals surface area contributed by atoms with Gasteiger partial charge in [-0.1, -0.05) is 13.0 Å². The van der Waals surface area contributed by atoms with Crippen molar-refractivity contribution in [1.82, 2.24) is 5.32 Å². The molecule has 0 saturated carbocycles. The van der Waals surface area contributed by atoms with Gasteiger partial charge in [-0.15, -0.1) is 12.4 Å². The number of aryl methyl sites for hydroxylation is 1. The zero-order valence-electron chi connectivity index (χ0n) is 11.8. The van der Waals surface area contributed by atoms with Crippen LogP contribution in [0.25, 0.3) is 0 Å². The van der Waals surface area contributed by atoms with E-state index in [0.29, 0.717) is 18.2 Å². The quantitative estimate of drug-likeness (QED) is 0.733. The Balaban J connectivity index is 0.00000200. The Hall–Kier alpha value is -1.26. The van der Waals surface area contributed by atoms with Gasteiger partial charge in [-0.05, 0) is 49.9 Å². The van der Waals surface area contributed by atoms with E-state index in [2.05, 4.69) is 10.6 Å². The number of phenols is 1. The molecule has 2 rings (SSSR count). The minimum absolute atomic E-state index is 0. The second kappa shape index (κ2) is 8.12. The van der Waals surface area contributed by atoms with Crippen molar-refractivity contribution >= 4 is 24.0 Å². The second-order valence-corrected chi connectivity index (χ2v) is 5.09.